The van der Waals surface area contributed by atoms with Gasteiger partial charge in [0.2, 0.25) is 5.91 Å². The lowest BCUT2D eigenvalue weighted by atomic mass is 9.78. The average molecular weight is 335 g/mol. The molecule has 3 heterocycles. The molecule has 2 aliphatic heterocycles. The van der Waals surface area contributed by atoms with E-state index in [2.05, 4.69) is 61.3 Å². The summed E-state index contributed by atoms with van der Waals surface area (Å²) in [5.74, 6) is 0.271. The summed E-state index contributed by atoms with van der Waals surface area (Å²) >= 11 is 0. The zero-order valence-corrected chi connectivity index (χ0v) is 15.2. The molecule has 2 aromatic rings. The van der Waals surface area contributed by atoms with Crippen LogP contribution in [-0.2, 0) is 11.2 Å². The molecule has 0 spiro atoms. The molecule has 130 valence electrons. The van der Waals surface area contributed by atoms with Gasteiger partial charge in [-0.3, -0.25) is 9.69 Å². The zero-order valence-electron chi connectivity index (χ0n) is 15.2. The minimum atomic E-state index is -0.0249. The molecule has 5 rings (SSSR count). The fourth-order valence-corrected chi connectivity index (χ4v) is 4.98. The molecule has 1 aromatic carbocycles. The quantitative estimate of drug-likeness (QED) is 0.870. The van der Waals surface area contributed by atoms with Crippen molar-refractivity contribution in [3.05, 3.63) is 41.6 Å². The van der Waals surface area contributed by atoms with Crippen LogP contribution in [0.5, 0.6) is 0 Å². The van der Waals surface area contributed by atoms with E-state index < -0.39 is 0 Å². The minimum Gasteiger partial charge on any atom is -0.361 e. The topological polar surface area (TPSA) is 39.3 Å². The van der Waals surface area contributed by atoms with Crippen molar-refractivity contribution in [1.82, 2.24) is 14.8 Å². The second-order valence-corrected chi connectivity index (χ2v) is 8.79. The van der Waals surface area contributed by atoms with Crippen LogP contribution in [0.1, 0.15) is 25.0 Å². The number of aromatic amines is 1. The number of likely N-dealkylation sites (N-methyl/N-ethyl adjacent to an activating group) is 1. The van der Waals surface area contributed by atoms with Gasteiger partial charge in [0.05, 0.1) is 5.92 Å². The third-order valence-electron chi connectivity index (χ3n) is 6.13. The molecule has 2 atom stereocenters. The highest BCUT2D eigenvalue weighted by Crippen LogP contribution is 2.41. The molecule has 1 aliphatic carbocycles. The van der Waals surface area contributed by atoms with Gasteiger partial charge in [-0.15, -0.1) is 0 Å². The number of amides is 1. The summed E-state index contributed by atoms with van der Waals surface area (Å²) in [6, 6.07) is 6.85. The Morgan fingerprint density at radius 1 is 1.28 bits per heavy atom. The number of nitrogens with zero attached hydrogens (tertiary/aromatic N) is 2. The Balaban J connectivity index is 1.54. The second-order valence-electron chi connectivity index (χ2n) is 8.79. The van der Waals surface area contributed by atoms with Crippen molar-refractivity contribution in [2.75, 3.05) is 26.7 Å². The monoisotopic (exact) mass is 335 g/mol. The van der Waals surface area contributed by atoms with Gasteiger partial charge in [0.15, 0.2) is 0 Å². The summed E-state index contributed by atoms with van der Waals surface area (Å²) in [6.45, 7) is 7.05. The molecular weight excluding hydrogens is 310 g/mol. The lowest BCUT2D eigenvalue weighted by molar-refractivity contribution is -0.145. The molecule has 0 saturated carbocycles. The number of nitrogens with one attached hydrogen (secondary N) is 1. The summed E-state index contributed by atoms with van der Waals surface area (Å²) in [7, 11) is 2.16. The first-order chi connectivity index (χ1) is 11.9. The van der Waals surface area contributed by atoms with E-state index in [0.29, 0.717) is 11.9 Å². The maximum absolute atomic E-state index is 13.0. The first-order valence-electron chi connectivity index (χ1n) is 9.23. The molecule has 1 aromatic heterocycles. The van der Waals surface area contributed by atoms with Crippen LogP contribution in [0.3, 0.4) is 0 Å². The Kier molecular flexibility index (Phi) is 3.03. The van der Waals surface area contributed by atoms with Gasteiger partial charge >= 0.3 is 0 Å². The van der Waals surface area contributed by atoms with Gasteiger partial charge in [-0.2, -0.15) is 0 Å². The number of rotatable bonds is 1. The zero-order chi connectivity index (χ0) is 17.3. The van der Waals surface area contributed by atoms with Crippen molar-refractivity contribution >= 4 is 22.4 Å². The number of hydrogen-bond acceptors (Lipinski definition) is 2. The Morgan fingerprint density at radius 2 is 2.08 bits per heavy atom. The number of likely N-dealkylation sites (tertiary alicyclic amines) is 1. The summed E-state index contributed by atoms with van der Waals surface area (Å²) in [6.07, 6.45) is 5.44. The van der Waals surface area contributed by atoms with Crippen LogP contribution < -0.4 is 0 Å². The van der Waals surface area contributed by atoms with E-state index >= 15 is 0 Å². The summed E-state index contributed by atoms with van der Waals surface area (Å²) < 4.78 is 0. The highest BCUT2D eigenvalue weighted by molar-refractivity contribution is 5.99. The number of hydrogen-bond donors (Lipinski definition) is 1. The first-order valence-corrected chi connectivity index (χ1v) is 9.23. The SMILES string of the molecule is CN1C[C@H](C(=O)N2CC(C)(C)C2)C=C2c3cccc4[nH]cc(c34)C[C@H]21. The molecule has 1 N–H and O–H groups in total. The minimum absolute atomic E-state index is 0.0249. The maximum atomic E-state index is 13.0. The number of carbonyl (C=O) groups excluding carboxylic acids is 1. The maximum Gasteiger partial charge on any atom is 0.230 e. The van der Waals surface area contributed by atoms with Crippen LogP contribution in [0.4, 0.5) is 0 Å². The number of benzene rings is 1. The third kappa shape index (κ3) is 2.20. The van der Waals surface area contributed by atoms with Crippen LogP contribution in [0, 0.1) is 11.3 Å². The van der Waals surface area contributed by atoms with Crippen molar-refractivity contribution in [2.45, 2.75) is 26.3 Å². The standard InChI is InChI=1S/C21H25N3O/c1-21(2)11-24(12-21)20(25)14-7-16-15-5-4-6-17-19(15)13(9-22-17)8-18(16)23(3)10-14/h4-7,9,14,18,22H,8,10-12H2,1-3H3/t14-,18-/m1/s1. The largest absolute Gasteiger partial charge is 0.361 e. The van der Waals surface area contributed by atoms with Crippen molar-refractivity contribution in [2.24, 2.45) is 11.3 Å². The smallest absolute Gasteiger partial charge is 0.230 e. The van der Waals surface area contributed by atoms with Gasteiger partial charge < -0.3 is 9.88 Å². The molecule has 0 radical (unpaired) electrons. The van der Waals surface area contributed by atoms with E-state index in [-0.39, 0.29) is 11.3 Å². The number of aromatic nitrogens is 1. The van der Waals surface area contributed by atoms with Gasteiger partial charge in [0, 0.05) is 42.8 Å². The highest BCUT2D eigenvalue weighted by atomic mass is 16.2. The van der Waals surface area contributed by atoms with Crippen molar-refractivity contribution in [3.8, 4) is 0 Å². The van der Waals surface area contributed by atoms with Crippen LogP contribution in [-0.4, -0.2) is 53.4 Å². The van der Waals surface area contributed by atoms with E-state index in [1.54, 1.807) is 0 Å². The van der Waals surface area contributed by atoms with Crippen LogP contribution in [0.25, 0.3) is 16.5 Å². The van der Waals surface area contributed by atoms with Crippen LogP contribution >= 0.6 is 0 Å². The second kappa shape index (κ2) is 4.98. The van der Waals surface area contributed by atoms with Gasteiger partial charge in [0.1, 0.15) is 0 Å². The molecular formula is C21H25N3O. The molecule has 4 heteroatoms. The molecule has 1 amide bonds. The van der Waals surface area contributed by atoms with E-state index in [0.717, 1.165) is 26.1 Å². The number of H-pyrrole nitrogens is 1. The van der Waals surface area contributed by atoms with E-state index in [4.69, 9.17) is 0 Å². The van der Waals surface area contributed by atoms with Crippen molar-refractivity contribution in [1.29, 1.82) is 0 Å². The fourth-order valence-electron chi connectivity index (χ4n) is 4.98. The Labute approximate surface area is 148 Å². The molecule has 25 heavy (non-hydrogen) atoms. The molecule has 0 bridgehead atoms. The number of carbonyl (C=O) groups is 1. The van der Waals surface area contributed by atoms with E-state index in [9.17, 15) is 4.79 Å². The van der Waals surface area contributed by atoms with Gasteiger partial charge in [-0.05, 0) is 41.6 Å². The normalized spacial score (nSPS) is 27.6. The Morgan fingerprint density at radius 3 is 2.84 bits per heavy atom. The molecule has 0 unspecified atom stereocenters. The lowest BCUT2D eigenvalue weighted by Gasteiger charge is -2.48. The predicted octanol–water partition coefficient (Wildman–Crippen LogP) is 2.91. The number of fused-ring (bicyclic) bond motifs is 2. The molecule has 1 saturated heterocycles. The predicted molar refractivity (Wildman–Crippen MR) is 100 cm³/mol. The van der Waals surface area contributed by atoms with E-state index in [1.807, 2.05) is 4.90 Å². The lowest BCUT2D eigenvalue weighted by Crippen LogP contribution is -2.58. The van der Waals surface area contributed by atoms with E-state index in [1.165, 1.54) is 27.6 Å². The summed E-state index contributed by atoms with van der Waals surface area (Å²) in [5.41, 5.74) is 5.52. The van der Waals surface area contributed by atoms with Gasteiger partial charge in [-0.25, -0.2) is 0 Å². The molecule has 3 aliphatic rings. The summed E-state index contributed by atoms with van der Waals surface area (Å²) in [4.78, 5) is 20.8. The van der Waals surface area contributed by atoms with Crippen LogP contribution in [0.2, 0.25) is 0 Å². The van der Waals surface area contributed by atoms with Gasteiger partial charge in [-0.1, -0.05) is 32.1 Å². The van der Waals surface area contributed by atoms with Crippen LogP contribution in [0.15, 0.2) is 30.5 Å². The highest BCUT2D eigenvalue weighted by Gasteiger charge is 2.42. The Hall–Kier alpha value is -2.07. The first kappa shape index (κ1) is 15.2. The third-order valence-corrected chi connectivity index (χ3v) is 6.13. The fraction of sp³-hybridized carbons (Fsp3) is 0.476. The average Bonchev–Trinajstić information content (AvgIpc) is 2.97. The molecule has 4 nitrogen and oxygen atoms in total. The summed E-state index contributed by atoms with van der Waals surface area (Å²) in [5, 5.41) is 1.34. The Bertz CT molecular complexity index is 899. The van der Waals surface area contributed by atoms with Crippen molar-refractivity contribution < 1.29 is 4.79 Å². The molecule has 1 fully saturated rings. The van der Waals surface area contributed by atoms with Gasteiger partial charge in [0.25, 0.3) is 0 Å². The van der Waals surface area contributed by atoms with Crippen molar-refractivity contribution in [3.63, 3.8) is 0 Å².